The molecule has 4 atom stereocenters. The van der Waals surface area contributed by atoms with Gasteiger partial charge in [-0.25, -0.2) is 0 Å². The van der Waals surface area contributed by atoms with Gasteiger partial charge >= 0.3 is 0 Å². The van der Waals surface area contributed by atoms with E-state index in [1.165, 1.54) is 6.92 Å². The van der Waals surface area contributed by atoms with E-state index in [9.17, 15) is 15.0 Å². The van der Waals surface area contributed by atoms with E-state index in [-0.39, 0.29) is 37.0 Å². The van der Waals surface area contributed by atoms with Crippen LogP contribution in [0, 0.1) is 5.92 Å². The number of Topliss-reactive ketones (excluding diaryl/α,β-unsaturated/α-hetero) is 1. The number of likely N-dealkylation sites (tertiary alicyclic amines) is 1. The summed E-state index contributed by atoms with van der Waals surface area (Å²) < 4.78 is 0. The lowest BCUT2D eigenvalue weighted by Gasteiger charge is -2.31. The summed E-state index contributed by atoms with van der Waals surface area (Å²) in [5.74, 6) is -0.0936. The largest absolute Gasteiger partial charge is 0.396 e. The van der Waals surface area contributed by atoms with Crippen LogP contribution < -0.4 is 0 Å². The van der Waals surface area contributed by atoms with Gasteiger partial charge in [0.1, 0.15) is 5.78 Å². The molecule has 0 radical (unpaired) electrons. The van der Waals surface area contributed by atoms with Gasteiger partial charge in [0.05, 0.1) is 18.8 Å². The van der Waals surface area contributed by atoms with Gasteiger partial charge in [-0.1, -0.05) is 6.92 Å². The molecule has 0 aromatic rings. The average Bonchev–Trinajstić information content (AvgIpc) is 2.66. The number of likely N-dealkylation sites (N-methyl/N-ethyl adjacent to an activating group) is 1. The number of aliphatic hydroxyl groups is 3. The normalized spacial score (nSPS) is 32.9. The summed E-state index contributed by atoms with van der Waals surface area (Å²) >= 11 is 0. The molecule has 0 aliphatic carbocycles. The lowest BCUT2D eigenvalue weighted by atomic mass is 9.95. The van der Waals surface area contributed by atoms with Crippen LogP contribution in [0.15, 0.2) is 0 Å². The average molecular weight is 231 g/mol. The second-order valence-electron chi connectivity index (χ2n) is 4.38. The van der Waals surface area contributed by atoms with E-state index < -0.39 is 6.10 Å². The second kappa shape index (κ2) is 5.72. The van der Waals surface area contributed by atoms with Crippen molar-refractivity contribution in [3.05, 3.63) is 0 Å². The predicted molar refractivity (Wildman–Crippen MR) is 58.9 cm³/mol. The topological polar surface area (TPSA) is 81.0 Å². The fourth-order valence-electron chi connectivity index (χ4n) is 2.70. The van der Waals surface area contributed by atoms with Crippen molar-refractivity contribution in [1.29, 1.82) is 0 Å². The molecule has 1 heterocycles. The van der Waals surface area contributed by atoms with Crippen LogP contribution in [0.4, 0.5) is 0 Å². The quantitative estimate of drug-likeness (QED) is 0.565. The third-order valence-corrected chi connectivity index (χ3v) is 3.44. The van der Waals surface area contributed by atoms with Crippen LogP contribution in [-0.2, 0) is 4.79 Å². The maximum atomic E-state index is 11.5. The highest BCUT2D eigenvalue weighted by Crippen LogP contribution is 2.32. The fourth-order valence-corrected chi connectivity index (χ4v) is 2.70. The number of aliphatic hydroxyl groups excluding tert-OH is 3. The molecule has 0 saturated carbocycles. The molecule has 0 spiro atoms. The summed E-state index contributed by atoms with van der Waals surface area (Å²) in [6.07, 6.45) is -0.344. The van der Waals surface area contributed by atoms with Crippen LogP contribution in [0.2, 0.25) is 0 Å². The fraction of sp³-hybridized carbons (Fsp3) is 0.909. The van der Waals surface area contributed by atoms with Gasteiger partial charge in [-0.05, 0) is 19.9 Å². The molecule has 94 valence electrons. The summed E-state index contributed by atoms with van der Waals surface area (Å²) in [5.41, 5.74) is 0. The smallest absolute Gasteiger partial charge is 0.146 e. The van der Waals surface area contributed by atoms with Crippen molar-refractivity contribution in [3.8, 4) is 0 Å². The number of hydrogen-bond donors (Lipinski definition) is 3. The van der Waals surface area contributed by atoms with Crippen molar-refractivity contribution in [2.45, 2.75) is 38.5 Å². The Kier molecular flexibility index (Phi) is 4.86. The van der Waals surface area contributed by atoms with Gasteiger partial charge in [0.15, 0.2) is 0 Å². The summed E-state index contributed by atoms with van der Waals surface area (Å²) in [7, 11) is 0. The molecule has 5 nitrogen and oxygen atoms in total. The molecule has 1 aliphatic rings. The summed E-state index contributed by atoms with van der Waals surface area (Å²) in [6, 6.07) is -0.567. The Balaban J connectivity index is 2.88. The van der Waals surface area contributed by atoms with Crippen LogP contribution in [0.5, 0.6) is 0 Å². The van der Waals surface area contributed by atoms with Crippen molar-refractivity contribution in [3.63, 3.8) is 0 Å². The number of carbonyl (C=O) groups excluding carboxylic acids is 1. The Hall–Kier alpha value is -0.490. The van der Waals surface area contributed by atoms with E-state index in [0.29, 0.717) is 13.0 Å². The first-order chi connectivity index (χ1) is 7.56. The molecule has 1 unspecified atom stereocenters. The maximum absolute atomic E-state index is 11.5. The van der Waals surface area contributed by atoms with Crippen LogP contribution in [0.3, 0.4) is 0 Å². The highest BCUT2D eigenvalue weighted by atomic mass is 16.3. The Bertz CT molecular complexity index is 246. The van der Waals surface area contributed by atoms with E-state index in [1.807, 2.05) is 11.8 Å². The molecule has 16 heavy (non-hydrogen) atoms. The molecule has 0 aromatic heterocycles. The van der Waals surface area contributed by atoms with Crippen molar-refractivity contribution < 1.29 is 20.1 Å². The van der Waals surface area contributed by atoms with Crippen molar-refractivity contribution in [2.24, 2.45) is 5.92 Å². The summed E-state index contributed by atoms with van der Waals surface area (Å²) in [4.78, 5) is 13.3. The molecule has 5 heteroatoms. The van der Waals surface area contributed by atoms with Crippen molar-refractivity contribution >= 4 is 5.78 Å². The minimum atomic E-state index is -0.901. The first kappa shape index (κ1) is 13.6. The number of carbonyl (C=O) groups is 1. The van der Waals surface area contributed by atoms with E-state index in [1.54, 1.807) is 0 Å². The molecule has 0 amide bonds. The third-order valence-electron chi connectivity index (χ3n) is 3.44. The van der Waals surface area contributed by atoms with E-state index in [4.69, 9.17) is 5.11 Å². The Morgan fingerprint density at radius 1 is 1.50 bits per heavy atom. The molecule has 0 aromatic carbocycles. The first-order valence-corrected chi connectivity index (χ1v) is 5.72. The number of hydrogen-bond acceptors (Lipinski definition) is 5. The van der Waals surface area contributed by atoms with Crippen LogP contribution in [0.25, 0.3) is 0 Å². The monoisotopic (exact) mass is 231 g/mol. The predicted octanol–water partition coefficient (Wildman–Crippen LogP) is -1.00. The summed E-state index contributed by atoms with van der Waals surface area (Å²) in [5, 5.41) is 28.0. The Labute approximate surface area is 95.7 Å². The lowest BCUT2D eigenvalue weighted by molar-refractivity contribution is -0.122. The minimum absolute atomic E-state index is 0.0490. The molecule has 1 saturated heterocycles. The number of ketones is 1. The second-order valence-corrected chi connectivity index (χ2v) is 4.38. The zero-order valence-electron chi connectivity index (χ0n) is 9.83. The molecule has 1 aliphatic heterocycles. The molecular formula is C11H21NO4. The van der Waals surface area contributed by atoms with Gasteiger partial charge in [0.2, 0.25) is 0 Å². The first-order valence-electron chi connectivity index (χ1n) is 5.72. The highest BCUT2D eigenvalue weighted by Gasteiger charge is 2.44. The van der Waals surface area contributed by atoms with Gasteiger partial charge in [-0.2, -0.15) is 0 Å². The maximum Gasteiger partial charge on any atom is 0.146 e. The standard InChI is InChI=1S/C11H21NO4/c1-3-12-9(7(2)15)4-8(5-13)11(12)10(16)6-14/h8-11,13-14,16H,3-6H2,1-2H3/t8-,9+,10?,11+/m0/s1. The number of rotatable bonds is 5. The Morgan fingerprint density at radius 2 is 2.12 bits per heavy atom. The van der Waals surface area contributed by atoms with Gasteiger partial charge in [-0.15, -0.1) is 0 Å². The lowest BCUT2D eigenvalue weighted by Crippen LogP contribution is -2.48. The van der Waals surface area contributed by atoms with Crippen LogP contribution in [-0.4, -0.2) is 63.9 Å². The van der Waals surface area contributed by atoms with E-state index >= 15 is 0 Å². The van der Waals surface area contributed by atoms with Gasteiger partial charge in [0.25, 0.3) is 0 Å². The molecule has 3 N–H and O–H groups in total. The molecule has 1 rings (SSSR count). The van der Waals surface area contributed by atoms with Crippen LogP contribution in [0.1, 0.15) is 20.3 Å². The SMILES string of the molecule is CCN1[C@@H](C(C)=O)C[C@@H](CO)[C@@H]1C(O)CO. The molecule has 0 bridgehead atoms. The van der Waals surface area contributed by atoms with Gasteiger partial charge in [-0.3, -0.25) is 9.69 Å². The zero-order chi connectivity index (χ0) is 12.3. The Morgan fingerprint density at radius 3 is 2.50 bits per heavy atom. The summed E-state index contributed by atoms with van der Waals surface area (Å²) in [6.45, 7) is 3.65. The van der Waals surface area contributed by atoms with E-state index in [0.717, 1.165) is 0 Å². The zero-order valence-corrected chi connectivity index (χ0v) is 9.83. The van der Waals surface area contributed by atoms with E-state index in [2.05, 4.69) is 0 Å². The molecule has 1 fully saturated rings. The third kappa shape index (κ3) is 2.43. The molecular weight excluding hydrogens is 210 g/mol. The number of nitrogens with zero attached hydrogens (tertiary/aromatic N) is 1. The van der Waals surface area contributed by atoms with Crippen molar-refractivity contribution in [2.75, 3.05) is 19.8 Å². The van der Waals surface area contributed by atoms with Crippen molar-refractivity contribution in [1.82, 2.24) is 4.90 Å². The van der Waals surface area contributed by atoms with Crippen LogP contribution >= 0.6 is 0 Å². The minimum Gasteiger partial charge on any atom is -0.396 e. The van der Waals surface area contributed by atoms with Gasteiger partial charge in [0, 0.05) is 18.6 Å². The van der Waals surface area contributed by atoms with Gasteiger partial charge < -0.3 is 15.3 Å². The highest BCUT2D eigenvalue weighted by molar-refractivity contribution is 5.81.